The molecule has 6 nitrogen and oxygen atoms in total. The van der Waals surface area contributed by atoms with Crippen LogP contribution in [0.15, 0.2) is 76.6 Å². The molecule has 0 aliphatic carbocycles. The zero-order valence-electron chi connectivity index (χ0n) is 27.1. The third-order valence-electron chi connectivity index (χ3n) is 7.81. The van der Waals surface area contributed by atoms with Gasteiger partial charge in [-0.05, 0) is 72.2 Å². The lowest BCUT2D eigenvalue weighted by atomic mass is 9.97. The molecule has 0 aromatic rings. The van der Waals surface area contributed by atoms with E-state index < -0.39 is 0 Å². The first-order chi connectivity index (χ1) is 20.9. The van der Waals surface area contributed by atoms with Crippen LogP contribution >= 0.6 is 20.2 Å². The van der Waals surface area contributed by atoms with Crippen LogP contribution in [0.2, 0.25) is 0 Å². The van der Waals surface area contributed by atoms with Crippen LogP contribution in [0.3, 0.4) is 0 Å². The van der Waals surface area contributed by atoms with Crippen LogP contribution in [0.25, 0.3) is 0 Å². The molecule has 0 bridgehead atoms. The molecular formula is C35H55ClN5OP. The van der Waals surface area contributed by atoms with Crippen molar-refractivity contribution >= 4 is 26.0 Å². The number of hydrogen-bond acceptors (Lipinski definition) is 6. The van der Waals surface area contributed by atoms with Crippen molar-refractivity contribution in [2.24, 2.45) is 4.99 Å². The molecule has 8 heteroatoms. The number of aliphatic hydroxyl groups excluding tert-OH is 1. The average Bonchev–Trinajstić information content (AvgIpc) is 3.55. The Kier molecular flexibility index (Phi) is 18.6. The summed E-state index contributed by atoms with van der Waals surface area (Å²) in [7, 11) is 1.02. The summed E-state index contributed by atoms with van der Waals surface area (Å²) in [6, 6.07) is 0.319. The predicted molar refractivity (Wildman–Crippen MR) is 191 cm³/mol. The maximum absolute atomic E-state index is 9.90. The second-order valence-corrected chi connectivity index (χ2v) is 13.0. The van der Waals surface area contributed by atoms with Crippen LogP contribution in [0, 0.1) is 12.3 Å². The van der Waals surface area contributed by atoms with Gasteiger partial charge in [-0.25, -0.2) is 4.99 Å². The van der Waals surface area contributed by atoms with E-state index in [2.05, 4.69) is 88.7 Å². The standard InChI is InChI=1S/C32H51ClN5OP.C3H4/c1-5-8-12-28-24-34-31(35-32(28)38-22-23-40-25-38)16-17-36-18-20-37(21-19-36)30(15-10-14-29(39)7-3)27(6-2)13-9-11-26(4)33;1-3-2/h5-12,14,26,30-31,34,39-40H,13,15-25H2,1-4H3;1H,2H3/b8-5-,11-9-,14-10-,27-6+,28-12+,29-7+;. The number of rotatable bonds is 12. The Morgan fingerprint density at radius 2 is 1.93 bits per heavy atom. The van der Waals surface area contributed by atoms with Crippen LogP contribution in [-0.2, 0) is 0 Å². The number of halogens is 1. The van der Waals surface area contributed by atoms with Crippen molar-refractivity contribution in [2.75, 3.05) is 58.3 Å². The minimum Gasteiger partial charge on any atom is -0.508 e. The lowest BCUT2D eigenvalue weighted by molar-refractivity contribution is 0.105. The zero-order valence-corrected chi connectivity index (χ0v) is 28.9. The molecule has 0 aromatic carbocycles. The van der Waals surface area contributed by atoms with Gasteiger partial charge >= 0.3 is 0 Å². The fourth-order valence-corrected chi connectivity index (χ4v) is 6.73. The average molecular weight is 628 g/mol. The van der Waals surface area contributed by atoms with Gasteiger partial charge in [0.05, 0.1) is 0 Å². The van der Waals surface area contributed by atoms with Crippen molar-refractivity contribution < 1.29 is 5.11 Å². The molecule has 4 unspecified atom stereocenters. The van der Waals surface area contributed by atoms with E-state index in [9.17, 15) is 5.11 Å². The van der Waals surface area contributed by atoms with Crippen molar-refractivity contribution in [1.29, 1.82) is 0 Å². The summed E-state index contributed by atoms with van der Waals surface area (Å²) in [6.07, 6.45) is 28.7. The van der Waals surface area contributed by atoms with Crippen LogP contribution in [-0.4, -0.2) is 101 Å². The summed E-state index contributed by atoms with van der Waals surface area (Å²) in [6.45, 7) is 17.0. The molecule has 2 N–H and O–H groups in total. The molecule has 0 radical (unpaired) electrons. The second kappa shape index (κ2) is 21.6. The Hall–Kier alpha value is -2.13. The van der Waals surface area contributed by atoms with E-state index in [4.69, 9.17) is 16.6 Å². The van der Waals surface area contributed by atoms with E-state index in [0.29, 0.717) is 11.8 Å². The number of terminal acetylenes is 1. The molecule has 3 rings (SSSR count). The molecule has 43 heavy (non-hydrogen) atoms. The normalized spacial score (nSPS) is 24.1. The lowest BCUT2D eigenvalue weighted by Crippen LogP contribution is -2.51. The molecule has 0 spiro atoms. The van der Waals surface area contributed by atoms with Gasteiger partial charge in [0.25, 0.3) is 0 Å². The third kappa shape index (κ3) is 13.6. The molecule has 0 saturated carbocycles. The summed E-state index contributed by atoms with van der Waals surface area (Å²) in [4.78, 5) is 12.9. The Balaban J connectivity index is 0.00000206. The summed E-state index contributed by atoms with van der Waals surface area (Å²) in [5.41, 5.74) is 2.72. The van der Waals surface area contributed by atoms with Crippen molar-refractivity contribution in [1.82, 2.24) is 20.0 Å². The van der Waals surface area contributed by atoms with Gasteiger partial charge in [0, 0.05) is 69.1 Å². The molecule has 3 heterocycles. The summed E-state index contributed by atoms with van der Waals surface area (Å²) in [5, 5.41) is 13.6. The van der Waals surface area contributed by atoms with Crippen LogP contribution < -0.4 is 5.32 Å². The van der Waals surface area contributed by atoms with Crippen LogP contribution in [0.4, 0.5) is 0 Å². The molecule has 238 valence electrons. The van der Waals surface area contributed by atoms with E-state index in [1.165, 1.54) is 23.1 Å². The number of nitrogens with zero attached hydrogens (tertiary/aromatic N) is 4. The van der Waals surface area contributed by atoms with Gasteiger partial charge in [-0.1, -0.05) is 56.7 Å². The Bertz CT molecular complexity index is 1070. The van der Waals surface area contributed by atoms with Gasteiger partial charge in [-0.15, -0.1) is 23.9 Å². The number of amidine groups is 1. The summed E-state index contributed by atoms with van der Waals surface area (Å²) in [5.74, 6) is 3.78. The van der Waals surface area contributed by atoms with Crippen LogP contribution in [0.1, 0.15) is 53.9 Å². The van der Waals surface area contributed by atoms with Gasteiger partial charge in [0.2, 0.25) is 0 Å². The number of nitrogens with one attached hydrogen (secondary N) is 1. The molecule has 0 amide bonds. The first-order valence-electron chi connectivity index (χ1n) is 15.8. The molecule has 3 aliphatic heterocycles. The smallest absolute Gasteiger partial charge is 0.130 e. The van der Waals surface area contributed by atoms with Gasteiger partial charge in [-0.2, -0.15) is 0 Å². The Morgan fingerprint density at radius 1 is 1.19 bits per heavy atom. The fourth-order valence-electron chi connectivity index (χ4n) is 5.46. The zero-order chi connectivity index (χ0) is 31.5. The summed E-state index contributed by atoms with van der Waals surface area (Å²) < 4.78 is 0. The van der Waals surface area contributed by atoms with Gasteiger partial charge in [-0.3, -0.25) is 10.2 Å². The first-order valence-corrected chi connectivity index (χ1v) is 17.6. The predicted octanol–water partition coefficient (Wildman–Crippen LogP) is 6.71. The minimum absolute atomic E-state index is 0.0391. The van der Waals surface area contributed by atoms with Gasteiger partial charge in [0.15, 0.2) is 0 Å². The number of aliphatic hydroxyl groups is 1. The van der Waals surface area contributed by atoms with Crippen molar-refractivity contribution in [3.05, 3.63) is 71.6 Å². The van der Waals surface area contributed by atoms with Crippen molar-refractivity contribution in [3.63, 3.8) is 0 Å². The van der Waals surface area contributed by atoms with E-state index in [-0.39, 0.29) is 11.5 Å². The highest BCUT2D eigenvalue weighted by Gasteiger charge is 2.27. The van der Waals surface area contributed by atoms with E-state index in [1.54, 1.807) is 13.0 Å². The maximum Gasteiger partial charge on any atom is 0.130 e. The van der Waals surface area contributed by atoms with Crippen molar-refractivity contribution in [2.45, 2.75) is 71.5 Å². The highest BCUT2D eigenvalue weighted by molar-refractivity contribution is 7.38. The minimum atomic E-state index is 0.0391. The number of allylic oxidation sites excluding steroid dienone is 8. The monoisotopic (exact) mass is 627 g/mol. The quantitative estimate of drug-likeness (QED) is 0.0629. The second-order valence-electron chi connectivity index (χ2n) is 11.0. The maximum atomic E-state index is 9.90. The lowest BCUT2D eigenvalue weighted by Gasteiger charge is -2.40. The Morgan fingerprint density at radius 3 is 2.53 bits per heavy atom. The van der Waals surface area contributed by atoms with Crippen molar-refractivity contribution in [3.8, 4) is 12.3 Å². The highest BCUT2D eigenvalue weighted by Crippen LogP contribution is 2.25. The first kappa shape index (κ1) is 37.1. The molecule has 3 aliphatic rings. The highest BCUT2D eigenvalue weighted by atomic mass is 35.5. The van der Waals surface area contributed by atoms with E-state index in [1.807, 2.05) is 19.9 Å². The van der Waals surface area contributed by atoms with Crippen LogP contribution in [0.5, 0.6) is 0 Å². The molecule has 0 aromatic heterocycles. The van der Waals surface area contributed by atoms with Gasteiger partial charge < -0.3 is 14.9 Å². The molecule has 2 fully saturated rings. The van der Waals surface area contributed by atoms with E-state index in [0.717, 1.165) is 79.9 Å². The topological polar surface area (TPSA) is 54.3 Å². The largest absolute Gasteiger partial charge is 0.508 e. The number of alkyl halides is 1. The Labute approximate surface area is 269 Å². The fraction of sp³-hybridized carbons (Fsp3) is 0.571. The van der Waals surface area contributed by atoms with Gasteiger partial charge in [0.1, 0.15) is 17.8 Å². The number of hydrogen-bond donors (Lipinski definition) is 2. The third-order valence-corrected chi connectivity index (χ3v) is 9.14. The molecule has 2 saturated heterocycles. The number of aliphatic imine (C=N–C) groups is 1. The molecular weight excluding hydrogens is 573 g/mol. The summed E-state index contributed by atoms with van der Waals surface area (Å²) >= 11 is 6.15. The SMILES string of the molecule is C#CC.C/C=C\C=C1/CNC(CCN2CCN(C(C/C=C\C(O)=C/C)/C(=C/C)C/C=C\C(C)Cl)CC2)N=C1N1CCPC1. The van der Waals surface area contributed by atoms with E-state index >= 15 is 0 Å². The molecule has 4 atom stereocenters. The number of piperazine rings is 1.